The molecule has 0 aliphatic heterocycles. The summed E-state index contributed by atoms with van der Waals surface area (Å²) in [6, 6.07) is 8.36. The van der Waals surface area contributed by atoms with Crippen molar-refractivity contribution >= 4 is 0 Å². The van der Waals surface area contributed by atoms with Crippen LogP contribution in [0.1, 0.15) is 179 Å². The number of nitrogens with one attached hydrogen (secondary N) is 1. The zero-order chi connectivity index (χ0) is 41.1. The number of ether oxygens (including phenoxy) is 1. The fraction of sp³-hybridized carbons (Fsp3) is 0.878. The zero-order valence-electron chi connectivity index (χ0n) is 39.8. The Balaban J connectivity index is -0.000000252. The number of hydrogen-bond acceptors (Lipinski definition) is 3. The lowest BCUT2D eigenvalue weighted by molar-refractivity contribution is 0.215. The van der Waals surface area contributed by atoms with Crippen molar-refractivity contribution in [3.8, 4) is 0 Å². The van der Waals surface area contributed by atoms with Crippen LogP contribution in [0, 0.1) is 67.1 Å². The van der Waals surface area contributed by atoms with Crippen molar-refractivity contribution in [2.24, 2.45) is 53.3 Å². The van der Waals surface area contributed by atoms with Gasteiger partial charge in [-0.3, -0.25) is 0 Å². The monoisotopic (exact) mass is 735 g/mol. The molecule has 3 heteroatoms. The van der Waals surface area contributed by atoms with E-state index in [4.69, 9.17) is 0 Å². The van der Waals surface area contributed by atoms with Gasteiger partial charge in [0.05, 0.1) is 0 Å². The van der Waals surface area contributed by atoms with Crippen molar-refractivity contribution < 1.29 is 4.74 Å². The standard InChI is InChI=1S/C8H16.C8H10.C7H14.C6H12.C5H10.C5H12.C4H11N.C3H9N.C3H8O/c2*1-7-5-3-4-6-8(7)2;1-6-4-3-5-7(6)2;1-5-3-4-6(5)2;1-4-3-5(4)2;2*1-4-5(2)3;2*1-3-4-2/h7-8H,3-6H2,1-2H3;3-6H,1-2H3;6-7H,3-5H2,1-2H3;5-6H,3-4H2,1-2H3;4-5H,3H2,1-2H3;5H,4H2,1-3H3;4H2,1-3H3;4H,3H2,1-2H3;3H2,1-2H3. The van der Waals surface area contributed by atoms with Gasteiger partial charge in [0.2, 0.25) is 0 Å². The molecule has 3 nitrogen and oxygen atoms in total. The predicted molar refractivity (Wildman–Crippen MR) is 242 cm³/mol. The molecule has 4 saturated carbocycles. The van der Waals surface area contributed by atoms with Crippen molar-refractivity contribution in [1.82, 2.24) is 10.2 Å². The van der Waals surface area contributed by atoms with Crippen LogP contribution in [0.15, 0.2) is 24.3 Å². The number of hydrogen-bond donors (Lipinski definition) is 1. The molecule has 1 aromatic carbocycles. The lowest BCUT2D eigenvalue weighted by Crippen LogP contribution is -2.18. The first-order valence-electron chi connectivity index (χ1n) is 22.2. The Hall–Kier alpha value is -0.900. The maximum atomic E-state index is 4.54. The Morgan fingerprint density at radius 2 is 0.865 bits per heavy atom. The lowest BCUT2D eigenvalue weighted by atomic mass is 9.77. The molecule has 0 amide bonds. The Bertz CT molecular complexity index is 749. The molecule has 52 heavy (non-hydrogen) atoms. The highest BCUT2D eigenvalue weighted by Crippen LogP contribution is 2.36. The summed E-state index contributed by atoms with van der Waals surface area (Å²) < 4.78 is 4.54. The third-order valence-corrected chi connectivity index (χ3v) is 11.9. The molecule has 8 unspecified atom stereocenters. The van der Waals surface area contributed by atoms with Crippen LogP contribution in [0.2, 0.25) is 0 Å². The van der Waals surface area contributed by atoms with Crippen LogP contribution in [0.4, 0.5) is 0 Å². The molecule has 314 valence electrons. The average Bonchev–Trinajstić information content (AvgIpc) is 3.66. The number of nitrogens with zero attached hydrogens (tertiary/aromatic N) is 1. The summed E-state index contributed by atoms with van der Waals surface area (Å²) >= 11 is 0. The molecule has 4 aliphatic rings. The van der Waals surface area contributed by atoms with Gasteiger partial charge >= 0.3 is 0 Å². The molecule has 4 aliphatic carbocycles. The third-order valence-electron chi connectivity index (χ3n) is 11.9. The number of benzene rings is 1. The lowest BCUT2D eigenvalue weighted by Gasteiger charge is -2.29. The van der Waals surface area contributed by atoms with E-state index in [1.165, 1.54) is 81.8 Å². The van der Waals surface area contributed by atoms with Crippen LogP contribution >= 0.6 is 0 Å². The van der Waals surface area contributed by atoms with Crippen LogP contribution < -0.4 is 5.32 Å². The second-order valence-electron chi connectivity index (χ2n) is 17.4. The van der Waals surface area contributed by atoms with Gasteiger partial charge in [-0.2, -0.15) is 0 Å². The minimum absolute atomic E-state index is 0.819. The largest absolute Gasteiger partial charge is 0.385 e. The first-order valence-corrected chi connectivity index (χ1v) is 22.2. The molecule has 0 aromatic heterocycles. The first-order chi connectivity index (χ1) is 24.4. The maximum Gasteiger partial charge on any atom is 0.0433 e. The fourth-order valence-corrected chi connectivity index (χ4v) is 4.84. The second-order valence-corrected chi connectivity index (χ2v) is 17.4. The van der Waals surface area contributed by atoms with E-state index in [0.29, 0.717) is 0 Å². The minimum atomic E-state index is 0.819. The highest BCUT2D eigenvalue weighted by Gasteiger charge is 2.26. The first kappa shape index (κ1) is 57.8. The Labute approximate surface area is 332 Å². The molecule has 1 N–H and O–H groups in total. The van der Waals surface area contributed by atoms with Gasteiger partial charge in [0.25, 0.3) is 0 Å². The van der Waals surface area contributed by atoms with Crippen molar-refractivity contribution in [2.45, 2.75) is 181 Å². The smallest absolute Gasteiger partial charge is 0.0433 e. The molecule has 0 bridgehead atoms. The minimum Gasteiger partial charge on any atom is -0.385 e. The van der Waals surface area contributed by atoms with Crippen molar-refractivity contribution in [3.05, 3.63) is 35.4 Å². The van der Waals surface area contributed by atoms with Crippen LogP contribution in [0.3, 0.4) is 0 Å². The average molecular weight is 735 g/mol. The summed E-state index contributed by atoms with van der Waals surface area (Å²) in [6.45, 7) is 38.8. The normalized spacial score (nSPS) is 26.1. The number of aryl methyl sites for hydroxylation is 2. The van der Waals surface area contributed by atoms with Gasteiger partial charge in [0.15, 0.2) is 0 Å². The number of rotatable bonds is 4. The quantitative estimate of drug-likeness (QED) is 0.333. The molecular formula is C49H102N2O. The Morgan fingerprint density at radius 1 is 0.615 bits per heavy atom. The van der Waals surface area contributed by atoms with Crippen molar-refractivity contribution in [1.29, 1.82) is 0 Å². The van der Waals surface area contributed by atoms with Gasteiger partial charge < -0.3 is 15.0 Å². The van der Waals surface area contributed by atoms with E-state index in [9.17, 15) is 0 Å². The summed E-state index contributed by atoms with van der Waals surface area (Å²) in [5, 5.41) is 2.93. The van der Waals surface area contributed by atoms with Gasteiger partial charge in [0, 0.05) is 13.7 Å². The van der Waals surface area contributed by atoms with Crippen molar-refractivity contribution in [3.63, 3.8) is 0 Å². The van der Waals surface area contributed by atoms with Gasteiger partial charge in [-0.05, 0) is 126 Å². The summed E-state index contributed by atoms with van der Waals surface area (Å²) in [4.78, 5) is 2.12. The SMILES string of the molecule is CC1CC1C.CC1CCC1C.CC1CCCC1C.CC1CCCCC1C.CCC(C)C.CCN(C)C.CCNC.CCOC.Cc1ccccc1C. The number of methoxy groups -OCH3 is 1. The Morgan fingerprint density at radius 3 is 0.962 bits per heavy atom. The van der Waals surface area contributed by atoms with Crippen LogP contribution in [0.5, 0.6) is 0 Å². The molecule has 0 radical (unpaired) electrons. The topological polar surface area (TPSA) is 24.5 Å². The van der Waals surface area contributed by atoms with E-state index < -0.39 is 0 Å². The predicted octanol–water partition coefficient (Wildman–Crippen LogP) is 14.8. The fourth-order valence-electron chi connectivity index (χ4n) is 4.84. The van der Waals surface area contributed by atoms with E-state index >= 15 is 0 Å². The summed E-state index contributed by atoms with van der Waals surface area (Å²) in [6.07, 6.45) is 16.0. The van der Waals surface area contributed by atoms with Crippen LogP contribution in [-0.2, 0) is 4.74 Å². The maximum absolute atomic E-state index is 4.54. The van der Waals surface area contributed by atoms with E-state index in [1.54, 1.807) is 7.11 Å². The molecule has 1 aromatic rings. The highest BCUT2D eigenvalue weighted by atomic mass is 16.5. The van der Waals surface area contributed by atoms with E-state index in [-0.39, 0.29) is 0 Å². The molecule has 4 fully saturated rings. The zero-order valence-corrected chi connectivity index (χ0v) is 39.8. The molecule has 5 rings (SSSR count). The molecule has 8 atom stereocenters. The van der Waals surface area contributed by atoms with Gasteiger partial charge in [-0.1, -0.05) is 178 Å². The summed E-state index contributed by atoms with van der Waals surface area (Å²) in [7, 11) is 7.72. The molecular weight excluding hydrogens is 633 g/mol. The molecule has 0 spiro atoms. The Kier molecular flexibility index (Phi) is 44.2. The van der Waals surface area contributed by atoms with E-state index in [0.717, 1.165) is 73.0 Å². The van der Waals surface area contributed by atoms with E-state index in [1.807, 2.05) is 14.0 Å². The third kappa shape index (κ3) is 41.9. The van der Waals surface area contributed by atoms with Gasteiger partial charge in [0.1, 0.15) is 0 Å². The molecule has 0 saturated heterocycles. The second kappa shape index (κ2) is 39.8. The van der Waals surface area contributed by atoms with Crippen LogP contribution in [-0.4, -0.2) is 52.8 Å². The van der Waals surface area contributed by atoms with Gasteiger partial charge in [-0.25, -0.2) is 0 Å². The van der Waals surface area contributed by atoms with Gasteiger partial charge in [-0.15, -0.1) is 0 Å². The van der Waals surface area contributed by atoms with E-state index in [2.05, 4.69) is 157 Å². The van der Waals surface area contributed by atoms with Crippen LogP contribution in [0.25, 0.3) is 0 Å². The van der Waals surface area contributed by atoms with Crippen molar-refractivity contribution in [2.75, 3.05) is 47.9 Å². The molecule has 0 heterocycles. The highest BCUT2D eigenvalue weighted by molar-refractivity contribution is 5.23. The summed E-state index contributed by atoms with van der Waals surface area (Å²) in [5.74, 6) is 9.09. The summed E-state index contributed by atoms with van der Waals surface area (Å²) in [5.41, 5.74) is 2.74.